The highest BCUT2D eigenvalue weighted by Crippen LogP contribution is 2.47. The number of aromatic nitrogens is 4. The molecule has 0 aliphatic carbocycles. The average Bonchev–Trinajstić information content (AvgIpc) is 3.82. The number of para-hydroxylation sites is 2. The molecule has 0 saturated carbocycles. The molecule has 0 bridgehead atoms. The minimum Gasteiger partial charge on any atom is -0.309 e. The zero-order chi connectivity index (χ0) is 36.7. The second kappa shape index (κ2) is 12.2. The van der Waals surface area contributed by atoms with Crippen LogP contribution >= 0.6 is 11.3 Å². The molecule has 0 atom stereocenters. The fourth-order valence-corrected chi connectivity index (χ4v) is 9.93. The van der Waals surface area contributed by atoms with Crippen molar-refractivity contribution < 1.29 is 0 Å². The second-order valence-corrected chi connectivity index (χ2v) is 15.4. The number of hydrogen-bond donors (Lipinski definition) is 0. The maximum Gasteiger partial charge on any atom is 0.164 e. The molecule has 3 heterocycles. The molecule has 0 spiro atoms. The third-order valence-corrected chi connectivity index (χ3v) is 12.4. The van der Waals surface area contributed by atoms with Crippen LogP contribution in [0, 0.1) is 0 Å². The van der Waals surface area contributed by atoms with Crippen LogP contribution in [0.15, 0.2) is 182 Å². The Hall–Kier alpha value is -7.21. The van der Waals surface area contributed by atoms with Gasteiger partial charge in [0, 0.05) is 58.7 Å². The van der Waals surface area contributed by atoms with E-state index in [-0.39, 0.29) is 0 Å². The third kappa shape index (κ3) is 4.68. The van der Waals surface area contributed by atoms with Gasteiger partial charge in [-0.25, -0.2) is 15.0 Å². The molecule has 0 amide bonds. The van der Waals surface area contributed by atoms with Gasteiger partial charge >= 0.3 is 0 Å². The second-order valence-electron chi connectivity index (χ2n) is 14.4. The lowest BCUT2D eigenvalue weighted by Crippen LogP contribution is -2.01. The lowest BCUT2D eigenvalue weighted by atomic mass is 9.96. The number of thiophene rings is 1. The van der Waals surface area contributed by atoms with Crippen molar-refractivity contribution in [1.29, 1.82) is 0 Å². The zero-order valence-electron chi connectivity index (χ0n) is 30.0. The summed E-state index contributed by atoms with van der Waals surface area (Å²) in [6.45, 7) is 0. The SMILES string of the molecule is c1ccc(-n2c3ccccc3c3c4c(ccc5c6ccccc6sc54)c(-c4nc(-c5ccc6ccccc6c5)nc(-c5cccc6ccccc56)n4)cc32)cc1. The van der Waals surface area contributed by atoms with Crippen LogP contribution in [0.3, 0.4) is 0 Å². The zero-order valence-corrected chi connectivity index (χ0v) is 30.8. The molecule has 0 unspecified atom stereocenters. The van der Waals surface area contributed by atoms with Crippen molar-refractivity contribution in [2.45, 2.75) is 0 Å². The van der Waals surface area contributed by atoms with E-state index in [4.69, 9.17) is 15.0 Å². The van der Waals surface area contributed by atoms with Gasteiger partial charge in [0.1, 0.15) is 0 Å². The van der Waals surface area contributed by atoms with E-state index in [0.717, 1.165) is 55.0 Å². The minimum absolute atomic E-state index is 0.642. The highest BCUT2D eigenvalue weighted by atomic mass is 32.1. The van der Waals surface area contributed by atoms with Gasteiger partial charge in [-0.2, -0.15) is 0 Å². The lowest BCUT2D eigenvalue weighted by Gasteiger charge is -2.14. The highest BCUT2D eigenvalue weighted by Gasteiger charge is 2.23. The minimum atomic E-state index is 0.642. The van der Waals surface area contributed by atoms with Gasteiger partial charge in [0.05, 0.1) is 11.0 Å². The van der Waals surface area contributed by atoms with Gasteiger partial charge in [0.25, 0.3) is 0 Å². The van der Waals surface area contributed by atoms with E-state index in [1.807, 2.05) is 11.3 Å². The third-order valence-electron chi connectivity index (χ3n) is 11.2. The summed E-state index contributed by atoms with van der Waals surface area (Å²) in [7, 11) is 0. The van der Waals surface area contributed by atoms with Gasteiger partial charge in [0.2, 0.25) is 0 Å². The Morgan fingerprint density at radius 1 is 0.375 bits per heavy atom. The smallest absolute Gasteiger partial charge is 0.164 e. The molecule has 4 nitrogen and oxygen atoms in total. The number of nitrogens with zero attached hydrogens (tertiary/aromatic N) is 4. The number of rotatable bonds is 4. The predicted molar refractivity (Wildman–Crippen MR) is 236 cm³/mol. The number of hydrogen-bond acceptors (Lipinski definition) is 4. The molecule has 0 aliphatic heterocycles. The van der Waals surface area contributed by atoms with Crippen LogP contribution in [0.5, 0.6) is 0 Å². The fourth-order valence-electron chi connectivity index (χ4n) is 8.67. The molecule has 260 valence electrons. The molecule has 56 heavy (non-hydrogen) atoms. The first-order chi connectivity index (χ1) is 27.8. The molecule has 12 aromatic rings. The summed E-state index contributed by atoms with van der Waals surface area (Å²) in [5, 5.41) is 11.9. The van der Waals surface area contributed by atoms with Crippen molar-refractivity contribution in [2.24, 2.45) is 0 Å². The van der Waals surface area contributed by atoms with E-state index in [2.05, 4.69) is 187 Å². The number of fused-ring (bicyclic) bond motifs is 11. The Morgan fingerprint density at radius 2 is 1.04 bits per heavy atom. The van der Waals surface area contributed by atoms with Crippen molar-refractivity contribution in [2.75, 3.05) is 0 Å². The van der Waals surface area contributed by atoms with Crippen molar-refractivity contribution in [3.63, 3.8) is 0 Å². The van der Waals surface area contributed by atoms with E-state index in [9.17, 15) is 0 Å². The van der Waals surface area contributed by atoms with E-state index in [0.29, 0.717) is 17.5 Å². The van der Waals surface area contributed by atoms with Crippen LogP contribution in [0.2, 0.25) is 0 Å². The predicted octanol–water partition coefficient (Wildman–Crippen LogP) is 13.8. The van der Waals surface area contributed by atoms with Crippen LogP contribution in [0.4, 0.5) is 0 Å². The van der Waals surface area contributed by atoms with Crippen molar-refractivity contribution in [3.8, 4) is 39.9 Å². The largest absolute Gasteiger partial charge is 0.309 e. The molecule has 0 N–H and O–H groups in total. The number of benzene rings is 9. The molecule has 0 fully saturated rings. The van der Waals surface area contributed by atoms with Gasteiger partial charge in [-0.1, -0.05) is 146 Å². The van der Waals surface area contributed by atoms with E-state index in [1.54, 1.807) is 0 Å². The molecule has 0 aliphatic rings. The van der Waals surface area contributed by atoms with Gasteiger partial charge in [0.15, 0.2) is 17.5 Å². The fraction of sp³-hybridized carbons (Fsp3) is 0. The first-order valence-electron chi connectivity index (χ1n) is 18.9. The Labute approximate surface area is 325 Å². The van der Waals surface area contributed by atoms with Gasteiger partial charge < -0.3 is 4.57 Å². The van der Waals surface area contributed by atoms with Crippen molar-refractivity contribution in [1.82, 2.24) is 19.5 Å². The molecule has 5 heteroatoms. The summed E-state index contributed by atoms with van der Waals surface area (Å²) >= 11 is 1.86. The molecule has 0 radical (unpaired) electrons. The molecular formula is C51H30N4S. The quantitative estimate of drug-likeness (QED) is 0.181. The maximum atomic E-state index is 5.42. The Balaban J connectivity index is 1.25. The van der Waals surface area contributed by atoms with E-state index in [1.165, 1.54) is 41.7 Å². The summed E-state index contributed by atoms with van der Waals surface area (Å²) in [6, 6.07) is 64.8. The Morgan fingerprint density at radius 3 is 1.91 bits per heavy atom. The molecular weight excluding hydrogens is 701 g/mol. The monoisotopic (exact) mass is 730 g/mol. The Bertz CT molecular complexity index is 3540. The van der Waals surface area contributed by atoms with E-state index < -0.39 is 0 Å². The standard InChI is InChI=1S/C51H30N4S/c1-2-17-35(18-3-1)55-43-23-10-8-21-41(43)46-44(55)30-42(38-27-28-39-37-20-9-11-24-45(37)56-48(39)47(38)46)51-53-49(34-26-25-31-13-4-5-15-33(31)29-34)52-50(54-51)40-22-12-16-32-14-6-7-19-36(32)40/h1-30H. The van der Waals surface area contributed by atoms with Crippen LogP contribution in [0.25, 0.3) is 114 Å². The lowest BCUT2D eigenvalue weighted by molar-refractivity contribution is 1.08. The summed E-state index contributed by atoms with van der Waals surface area (Å²) in [5.41, 5.74) is 6.28. The molecule has 3 aromatic heterocycles. The summed E-state index contributed by atoms with van der Waals surface area (Å²) in [5.74, 6) is 1.93. The van der Waals surface area contributed by atoms with Crippen LogP contribution in [0.1, 0.15) is 0 Å². The average molecular weight is 731 g/mol. The summed E-state index contributed by atoms with van der Waals surface area (Å²) < 4.78 is 4.94. The first kappa shape index (κ1) is 31.2. The topological polar surface area (TPSA) is 43.6 Å². The van der Waals surface area contributed by atoms with Crippen LogP contribution in [-0.2, 0) is 0 Å². The Kier molecular flexibility index (Phi) is 6.76. The van der Waals surface area contributed by atoms with Gasteiger partial charge in [-0.05, 0) is 63.3 Å². The van der Waals surface area contributed by atoms with Gasteiger partial charge in [-0.3, -0.25) is 0 Å². The molecule has 9 aromatic carbocycles. The van der Waals surface area contributed by atoms with Crippen LogP contribution in [-0.4, -0.2) is 19.5 Å². The van der Waals surface area contributed by atoms with Crippen molar-refractivity contribution in [3.05, 3.63) is 182 Å². The summed E-state index contributed by atoms with van der Waals surface area (Å²) in [6.07, 6.45) is 0. The van der Waals surface area contributed by atoms with Crippen LogP contribution < -0.4 is 0 Å². The normalized spacial score (nSPS) is 11.9. The van der Waals surface area contributed by atoms with E-state index >= 15 is 0 Å². The maximum absolute atomic E-state index is 5.42. The summed E-state index contributed by atoms with van der Waals surface area (Å²) in [4.78, 5) is 16.1. The van der Waals surface area contributed by atoms with Crippen molar-refractivity contribution >= 4 is 85.6 Å². The molecule has 12 rings (SSSR count). The highest BCUT2D eigenvalue weighted by molar-refractivity contribution is 7.26. The first-order valence-corrected chi connectivity index (χ1v) is 19.7. The molecule has 0 saturated heterocycles. The van der Waals surface area contributed by atoms with Gasteiger partial charge in [-0.15, -0.1) is 11.3 Å².